The number of benzene rings is 2. The summed E-state index contributed by atoms with van der Waals surface area (Å²) < 4.78 is 7.27. The minimum Gasteiger partial charge on any atom is -0.494 e. The van der Waals surface area contributed by atoms with Gasteiger partial charge in [0.05, 0.1) is 24.0 Å². The zero-order chi connectivity index (χ0) is 22.8. The van der Waals surface area contributed by atoms with E-state index < -0.39 is 0 Å². The van der Waals surface area contributed by atoms with Crippen molar-refractivity contribution >= 4 is 28.4 Å². The molecule has 0 bridgehead atoms. The molecule has 0 fully saturated rings. The Kier molecular flexibility index (Phi) is 5.59. The van der Waals surface area contributed by atoms with E-state index in [2.05, 4.69) is 11.9 Å². The normalized spacial score (nSPS) is 10.8. The van der Waals surface area contributed by atoms with Crippen molar-refractivity contribution in [2.75, 3.05) is 31.4 Å². The van der Waals surface area contributed by atoms with E-state index in [0.717, 1.165) is 22.2 Å². The Morgan fingerprint density at radius 1 is 1.16 bits per heavy atom. The summed E-state index contributed by atoms with van der Waals surface area (Å²) in [6.07, 6.45) is 3.15. The molecule has 2 aromatic carbocycles. The van der Waals surface area contributed by atoms with Crippen LogP contribution >= 0.6 is 0 Å². The van der Waals surface area contributed by atoms with Crippen molar-refractivity contribution < 1.29 is 9.53 Å². The van der Waals surface area contributed by atoms with Crippen molar-refractivity contribution in [2.45, 2.75) is 0 Å². The van der Waals surface area contributed by atoms with E-state index in [9.17, 15) is 4.79 Å². The number of fused-ring (bicyclic) bond motifs is 1. The largest absolute Gasteiger partial charge is 0.494 e. The highest BCUT2D eigenvalue weighted by molar-refractivity contribution is 6.04. The van der Waals surface area contributed by atoms with Crippen LogP contribution in [0.5, 0.6) is 5.75 Å². The Morgan fingerprint density at radius 2 is 1.91 bits per heavy atom. The fraction of sp³-hybridized carbons (Fsp3) is 0.167. The van der Waals surface area contributed by atoms with Gasteiger partial charge in [0.15, 0.2) is 0 Å². The number of carbonyl (C=O) groups excluding carboxylic acids is 1. The second-order valence-corrected chi connectivity index (χ2v) is 7.46. The fourth-order valence-electron chi connectivity index (χ4n) is 3.47. The topological polar surface area (TPSA) is 85.2 Å². The van der Waals surface area contributed by atoms with Crippen molar-refractivity contribution in [3.8, 4) is 28.3 Å². The number of aryl methyl sites for hydroxylation is 1. The van der Waals surface area contributed by atoms with Crippen LogP contribution in [0.15, 0.2) is 61.3 Å². The van der Waals surface area contributed by atoms with Crippen LogP contribution in [0.2, 0.25) is 0 Å². The quantitative estimate of drug-likeness (QED) is 0.469. The van der Waals surface area contributed by atoms with E-state index in [1.54, 1.807) is 17.9 Å². The second-order valence-electron chi connectivity index (χ2n) is 7.46. The van der Waals surface area contributed by atoms with Gasteiger partial charge in [-0.15, -0.1) is 0 Å². The van der Waals surface area contributed by atoms with E-state index in [4.69, 9.17) is 19.8 Å². The number of hydrogen-bond donors (Lipinski definition) is 1. The van der Waals surface area contributed by atoms with Crippen molar-refractivity contribution in [3.63, 3.8) is 0 Å². The van der Waals surface area contributed by atoms with Crippen LogP contribution in [-0.2, 0) is 11.8 Å². The molecule has 1 amide bonds. The predicted octanol–water partition coefficient (Wildman–Crippen LogP) is 3.90. The number of nitrogens with one attached hydrogen (secondary N) is 1. The van der Waals surface area contributed by atoms with Crippen molar-refractivity contribution in [3.05, 3.63) is 61.3 Å². The average Bonchev–Trinajstić information content (AvgIpc) is 3.19. The first-order chi connectivity index (χ1) is 15.4. The first kappa shape index (κ1) is 21.0. The molecule has 0 aliphatic carbocycles. The summed E-state index contributed by atoms with van der Waals surface area (Å²) in [7, 11) is 7.21. The highest BCUT2D eigenvalue weighted by atomic mass is 16.5. The van der Waals surface area contributed by atoms with Crippen LogP contribution in [0.3, 0.4) is 0 Å². The van der Waals surface area contributed by atoms with Crippen molar-refractivity contribution in [1.29, 1.82) is 0 Å². The maximum Gasteiger partial charge on any atom is 0.247 e. The van der Waals surface area contributed by atoms with Crippen LogP contribution in [-0.4, -0.2) is 46.9 Å². The van der Waals surface area contributed by atoms with E-state index in [1.807, 2.05) is 68.6 Å². The molecule has 4 rings (SSSR count). The molecule has 8 nitrogen and oxygen atoms in total. The number of ether oxygens (including phenoxy) is 1. The number of aromatic nitrogens is 4. The van der Waals surface area contributed by atoms with Gasteiger partial charge in [0.2, 0.25) is 11.9 Å². The van der Waals surface area contributed by atoms with Gasteiger partial charge < -0.3 is 15.0 Å². The third kappa shape index (κ3) is 3.90. The maximum atomic E-state index is 12.0. The lowest BCUT2D eigenvalue weighted by Crippen LogP contribution is -2.14. The number of amides is 1. The van der Waals surface area contributed by atoms with E-state index >= 15 is 0 Å². The molecular weight excluding hydrogens is 404 g/mol. The molecule has 162 valence electrons. The number of hydrogen-bond acceptors (Lipinski definition) is 6. The Morgan fingerprint density at radius 3 is 2.56 bits per heavy atom. The first-order valence-corrected chi connectivity index (χ1v) is 10.0. The van der Waals surface area contributed by atoms with Crippen molar-refractivity contribution in [2.24, 2.45) is 7.05 Å². The number of rotatable bonds is 6. The van der Waals surface area contributed by atoms with Crippen LogP contribution in [0.1, 0.15) is 0 Å². The Hall–Kier alpha value is -4.20. The minimum atomic E-state index is -0.332. The summed E-state index contributed by atoms with van der Waals surface area (Å²) in [4.78, 5) is 23.4. The van der Waals surface area contributed by atoms with Gasteiger partial charge >= 0.3 is 0 Å². The van der Waals surface area contributed by atoms with E-state index in [-0.39, 0.29) is 5.91 Å². The smallest absolute Gasteiger partial charge is 0.247 e. The second kappa shape index (κ2) is 8.50. The van der Waals surface area contributed by atoms with Gasteiger partial charge in [-0.05, 0) is 12.1 Å². The lowest BCUT2D eigenvalue weighted by Gasteiger charge is -2.16. The third-order valence-electron chi connectivity index (χ3n) is 4.98. The van der Waals surface area contributed by atoms with Gasteiger partial charge in [-0.25, -0.2) is 9.97 Å². The highest BCUT2D eigenvalue weighted by Gasteiger charge is 2.20. The zero-order valence-corrected chi connectivity index (χ0v) is 18.5. The number of methoxy groups -OCH3 is 1. The SMILES string of the molecule is C=CC(=O)Nc1cc2c(-c3cn(C)nc3-c3ccccc3)nc(N(C)C)nc2cc1OC. The molecule has 2 aromatic heterocycles. The summed E-state index contributed by atoms with van der Waals surface area (Å²) in [6.45, 7) is 3.52. The zero-order valence-electron chi connectivity index (χ0n) is 18.5. The number of carbonyl (C=O) groups is 1. The number of nitrogens with zero attached hydrogens (tertiary/aromatic N) is 5. The van der Waals surface area contributed by atoms with Gasteiger partial charge in [0.25, 0.3) is 0 Å². The standard InChI is InChI=1S/C24H24N6O2/c1-6-21(31)25-19-12-16-18(13-20(19)32-5)26-24(29(2)3)27-23(16)17-14-30(4)28-22(17)15-10-8-7-9-11-15/h6-14H,1H2,2-5H3,(H,25,31). The van der Waals surface area contributed by atoms with Gasteiger partial charge in [0, 0.05) is 49.9 Å². The van der Waals surface area contributed by atoms with Crippen LogP contribution < -0.4 is 15.0 Å². The van der Waals surface area contributed by atoms with Gasteiger partial charge in [0.1, 0.15) is 11.4 Å². The van der Waals surface area contributed by atoms with Crippen molar-refractivity contribution in [1.82, 2.24) is 19.7 Å². The summed E-state index contributed by atoms with van der Waals surface area (Å²) in [6, 6.07) is 13.6. The predicted molar refractivity (Wildman–Crippen MR) is 127 cm³/mol. The van der Waals surface area contributed by atoms with Gasteiger partial charge in [-0.2, -0.15) is 5.10 Å². The van der Waals surface area contributed by atoms with Crippen LogP contribution in [0.25, 0.3) is 33.4 Å². The molecule has 8 heteroatoms. The summed E-state index contributed by atoms with van der Waals surface area (Å²) in [5, 5.41) is 8.26. The monoisotopic (exact) mass is 428 g/mol. The summed E-state index contributed by atoms with van der Waals surface area (Å²) in [5.74, 6) is 0.721. The third-order valence-corrected chi connectivity index (χ3v) is 4.98. The highest BCUT2D eigenvalue weighted by Crippen LogP contribution is 2.38. The molecule has 0 aliphatic rings. The lowest BCUT2D eigenvalue weighted by molar-refractivity contribution is -0.111. The molecule has 2 heterocycles. The molecule has 4 aromatic rings. The van der Waals surface area contributed by atoms with Crippen LogP contribution in [0, 0.1) is 0 Å². The molecule has 0 saturated heterocycles. The fourth-order valence-corrected chi connectivity index (χ4v) is 3.47. The van der Waals surface area contributed by atoms with Gasteiger partial charge in [-0.3, -0.25) is 9.48 Å². The molecule has 0 aliphatic heterocycles. The molecule has 0 saturated carbocycles. The molecule has 0 spiro atoms. The summed E-state index contributed by atoms with van der Waals surface area (Å²) >= 11 is 0. The molecule has 0 unspecified atom stereocenters. The van der Waals surface area contributed by atoms with E-state index in [0.29, 0.717) is 28.6 Å². The summed E-state index contributed by atoms with van der Waals surface area (Å²) in [5.41, 5.74) is 4.57. The Labute approximate surface area is 186 Å². The molecular formula is C24H24N6O2. The van der Waals surface area contributed by atoms with Gasteiger partial charge in [-0.1, -0.05) is 36.9 Å². The number of anilines is 2. The Bertz CT molecular complexity index is 1310. The minimum absolute atomic E-state index is 0.332. The first-order valence-electron chi connectivity index (χ1n) is 10.0. The van der Waals surface area contributed by atoms with Crippen LogP contribution in [0.4, 0.5) is 11.6 Å². The molecule has 0 atom stereocenters. The van der Waals surface area contributed by atoms with E-state index in [1.165, 1.54) is 6.08 Å². The average molecular weight is 428 g/mol. The Balaban J connectivity index is 2.03. The maximum absolute atomic E-state index is 12.0. The molecule has 0 radical (unpaired) electrons. The molecule has 1 N–H and O–H groups in total. The lowest BCUT2D eigenvalue weighted by atomic mass is 10.0. The molecule has 32 heavy (non-hydrogen) atoms.